The number of rotatable bonds is 7. The fourth-order valence-electron chi connectivity index (χ4n) is 5.43. The molecule has 0 radical (unpaired) electrons. The lowest BCUT2D eigenvalue weighted by Crippen LogP contribution is -2.30. The Labute approximate surface area is 165 Å². The highest BCUT2D eigenvalue weighted by molar-refractivity contribution is 5.95. The van der Waals surface area contributed by atoms with Gasteiger partial charge in [0.1, 0.15) is 6.17 Å². The summed E-state index contributed by atoms with van der Waals surface area (Å²) in [7, 11) is 0. The first-order chi connectivity index (χ1) is 13.1. The number of ketones is 1. The Kier molecular flexibility index (Phi) is 7.49. The van der Waals surface area contributed by atoms with Crippen molar-refractivity contribution < 1.29 is 9.18 Å². The van der Waals surface area contributed by atoms with Crippen molar-refractivity contribution in [3.8, 4) is 0 Å². The maximum Gasteiger partial charge on any atom is 0.158 e. The van der Waals surface area contributed by atoms with Crippen LogP contribution in [0.5, 0.6) is 0 Å². The third-order valence-corrected chi connectivity index (χ3v) is 6.86. The summed E-state index contributed by atoms with van der Waals surface area (Å²) < 4.78 is 13.7. The fourth-order valence-corrected chi connectivity index (χ4v) is 5.43. The molecule has 1 nitrogen and oxygen atoms in total. The zero-order valence-electron chi connectivity index (χ0n) is 17.3. The summed E-state index contributed by atoms with van der Waals surface area (Å²) in [6, 6.07) is 0. The van der Waals surface area contributed by atoms with E-state index in [2.05, 4.69) is 32.1 Å². The molecule has 3 aliphatic carbocycles. The van der Waals surface area contributed by atoms with Crippen LogP contribution in [0, 0.1) is 17.8 Å². The maximum atomic E-state index is 13.7. The van der Waals surface area contributed by atoms with Crippen molar-refractivity contribution in [2.75, 3.05) is 0 Å². The fraction of sp³-hybridized carbons (Fsp3) is 0.720. The van der Waals surface area contributed by atoms with E-state index in [0.717, 1.165) is 31.3 Å². The van der Waals surface area contributed by atoms with Crippen molar-refractivity contribution in [2.45, 2.75) is 97.1 Å². The minimum Gasteiger partial charge on any atom is -0.295 e. The number of hydrogen-bond donors (Lipinski definition) is 0. The molecule has 0 saturated carbocycles. The van der Waals surface area contributed by atoms with Gasteiger partial charge in [0.15, 0.2) is 5.78 Å². The summed E-state index contributed by atoms with van der Waals surface area (Å²) in [5.41, 5.74) is 4.16. The van der Waals surface area contributed by atoms with Crippen molar-refractivity contribution in [1.29, 1.82) is 0 Å². The van der Waals surface area contributed by atoms with Crippen LogP contribution in [0.1, 0.15) is 90.9 Å². The minimum absolute atomic E-state index is 0.353. The molecule has 0 aliphatic heterocycles. The monoisotopic (exact) mass is 372 g/mol. The van der Waals surface area contributed by atoms with Gasteiger partial charge in [-0.25, -0.2) is 4.39 Å². The van der Waals surface area contributed by atoms with Crippen LogP contribution in [-0.4, -0.2) is 12.0 Å². The van der Waals surface area contributed by atoms with E-state index in [0.29, 0.717) is 42.8 Å². The second-order valence-corrected chi connectivity index (χ2v) is 9.03. The Morgan fingerprint density at radius 3 is 2.74 bits per heavy atom. The summed E-state index contributed by atoms with van der Waals surface area (Å²) >= 11 is 0. The first-order valence-corrected chi connectivity index (χ1v) is 11.3. The number of allylic oxidation sites excluding steroid dienone is 6. The molecule has 0 heterocycles. The van der Waals surface area contributed by atoms with E-state index in [1.54, 1.807) is 5.57 Å². The topological polar surface area (TPSA) is 17.1 Å². The van der Waals surface area contributed by atoms with Gasteiger partial charge in [-0.3, -0.25) is 4.79 Å². The predicted octanol–water partition coefficient (Wildman–Crippen LogP) is 7.28. The minimum atomic E-state index is -0.657. The molecule has 0 aromatic rings. The number of alkyl halides is 1. The smallest absolute Gasteiger partial charge is 0.158 e. The lowest BCUT2D eigenvalue weighted by molar-refractivity contribution is -0.116. The van der Waals surface area contributed by atoms with Crippen LogP contribution < -0.4 is 0 Å². The number of hydrogen-bond acceptors (Lipinski definition) is 1. The van der Waals surface area contributed by atoms with E-state index in [9.17, 15) is 9.18 Å². The third-order valence-electron chi connectivity index (χ3n) is 6.86. The van der Waals surface area contributed by atoms with Crippen molar-refractivity contribution in [2.24, 2.45) is 17.8 Å². The van der Waals surface area contributed by atoms with Gasteiger partial charge in [-0.1, -0.05) is 43.2 Å². The second kappa shape index (κ2) is 9.85. The number of carbonyl (C=O) groups is 1. The van der Waals surface area contributed by atoms with Gasteiger partial charge in [-0.05, 0) is 94.0 Å². The van der Waals surface area contributed by atoms with Gasteiger partial charge in [0.05, 0.1) is 0 Å². The zero-order chi connectivity index (χ0) is 19.2. The van der Waals surface area contributed by atoms with Gasteiger partial charge < -0.3 is 0 Å². The van der Waals surface area contributed by atoms with E-state index in [-0.39, 0.29) is 0 Å². The molecule has 0 fully saturated rings. The Morgan fingerprint density at radius 1 is 1.22 bits per heavy atom. The summed E-state index contributed by atoms with van der Waals surface area (Å²) in [4.78, 5) is 12.6. The van der Waals surface area contributed by atoms with Crippen molar-refractivity contribution in [3.05, 3.63) is 34.9 Å². The highest BCUT2D eigenvalue weighted by Gasteiger charge is 2.35. The molecule has 0 saturated heterocycles. The highest BCUT2D eigenvalue weighted by atomic mass is 19.1. The SMILES string of the molecule is CCCC(=O)C1=CC(CCC2=CCCCC2)[C@H](C2=CC[C@H](F)CC2)C(C)C1. The zero-order valence-corrected chi connectivity index (χ0v) is 17.3. The van der Waals surface area contributed by atoms with Crippen molar-refractivity contribution in [1.82, 2.24) is 0 Å². The van der Waals surface area contributed by atoms with Gasteiger partial charge >= 0.3 is 0 Å². The summed E-state index contributed by atoms with van der Waals surface area (Å²) in [6.07, 6.45) is 18.4. The van der Waals surface area contributed by atoms with Gasteiger partial charge in [0, 0.05) is 6.42 Å². The van der Waals surface area contributed by atoms with E-state index in [1.807, 2.05) is 0 Å². The first kappa shape index (κ1) is 20.6. The number of Topliss-reactive ketones (excluding diaryl/α,β-unsaturated/α-hetero) is 1. The molecule has 27 heavy (non-hydrogen) atoms. The molecule has 0 aromatic carbocycles. The number of halogens is 1. The normalized spacial score (nSPS) is 31.7. The molecule has 0 N–H and O–H groups in total. The van der Waals surface area contributed by atoms with Crippen LogP contribution in [0.2, 0.25) is 0 Å². The standard InChI is InChI=1S/C25H37FO/c1-3-7-24(27)22-16-18(2)25(20-12-14-23(26)15-13-20)21(17-22)11-10-19-8-5-4-6-9-19/h8,12,17-18,21,23,25H,3-7,9-11,13-16H2,1-2H3/t18?,21?,23-,25-/m0/s1. The van der Waals surface area contributed by atoms with Crippen molar-refractivity contribution >= 4 is 5.78 Å². The molecule has 3 rings (SSSR count). The molecular formula is C25H37FO. The van der Waals surface area contributed by atoms with E-state index in [4.69, 9.17) is 0 Å². The maximum absolute atomic E-state index is 13.7. The van der Waals surface area contributed by atoms with E-state index < -0.39 is 6.17 Å². The van der Waals surface area contributed by atoms with Crippen LogP contribution in [0.3, 0.4) is 0 Å². The van der Waals surface area contributed by atoms with Gasteiger partial charge in [0.25, 0.3) is 0 Å². The quantitative estimate of drug-likeness (QED) is 0.429. The van der Waals surface area contributed by atoms with Crippen LogP contribution >= 0.6 is 0 Å². The van der Waals surface area contributed by atoms with E-state index >= 15 is 0 Å². The Bertz CT molecular complexity index is 612. The molecule has 0 spiro atoms. The van der Waals surface area contributed by atoms with E-state index in [1.165, 1.54) is 37.7 Å². The lowest BCUT2D eigenvalue weighted by Gasteiger charge is -2.39. The molecule has 150 valence electrons. The average Bonchev–Trinajstić information content (AvgIpc) is 2.68. The average molecular weight is 373 g/mol. The van der Waals surface area contributed by atoms with Gasteiger partial charge in [-0.15, -0.1) is 0 Å². The molecule has 3 aliphatic rings. The largest absolute Gasteiger partial charge is 0.295 e. The van der Waals surface area contributed by atoms with Gasteiger partial charge in [-0.2, -0.15) is 0 Å². The summed E-state index contributed by atoms with van der Waals surface area (Å²) in [6.45, 7) is 4.40. The Hall–Kier alpha value is -1.18. The lowest BCUT2D eigenvalue weighted by atomic mass is 9.66. The van der Waals surface area contributed by atoms with Crippen LogP contribution in [0.4, 0.5) is 4.39 Å². The van der Waals surface area contributed by atoms with Gasteiger partial charge in [0.2, 0.25) is 0 Å². The molecule has 0 bridgehead atoms. The molecular weight excluding hydrogens is 335 g/mol. The Morgan fingerprint density at radius 2 is 2.07 bits per heavy atom. The molecule has 0 amide bonds. The van der Waals surface area contributed by atoms with Crippen molar-refractivity contribution in [3.63, 3.8) is 0 Å². The third kappa shape index (κ3) is 5.42. The van der Waals surface area contributed by atoms with Crippen LogP contribution in [-0.2, 0) is 4.79 Å². The molecule has 2 unspecified atom stereocenters. The predicted molar refractivity (Wildman–Crippen MR) is 111 cm³/mol. The second-order valence-electron chi connectivity index (χ2n) is 9.03. The Balaban J connectivity index is 1.78. The number of carbonyl (C=O) groups excluding carboxylic acids is 1. The first-order valence-electron chi connectivity index (χ1n) is 11.3. The summed E-state index contributed by atoms with van der Waals surface area (Å²) in [5.74, 6) is 1.78. The molecule has 2 heteroatoms. The van der Waals surface area contributed by atoms with Crippen LogP contribution in [0.15, 0.2) is 34.9 Å². The molecule has 0 aromatic heterocycles. The highest BCUT2D eigenvalue weighted by Crippen LogP contribution is 2.44. The van der Waals surface area contributed by atoms with Crippen LogP contribution in [0.25, 0.3) is 0 Å². The summed E-state index contributed by atoms with van der Waals surface area (Å²) in [5, 5.41) is 0. The molecule has 4 atom stereocenters.